The van der Waals surface area contributed by atoms with Crippen molar-refractivity contribution in [1.82, 2.24) is 15.2 Å². The maximum absolute atomic E-state index is 13.0. The molecule has 33 heavy (non-hydrogen) atoms. The van der Waals surface area contributed by atoms with E-state index in [0.717, 1.165) is 30.3 Å². The Morgan fingerprint density at radius 2 is 2.12 bits per heavy atom. The summed E-state index contributed by atoms with van der Waals surface area (Å²) >= 11 is 2.24. The predicted octanol–water partition coefficient (Wildman–Crippen LogP) is -1.41. The van der Waals surface area contributed by atoms with E-state index in [0.29, 0.717) is 5.57 Å². The largest absolute Gasteiger partial charge is 0.477 e. The number of carbonyl (C=O) groups excluding carboxylic acids is 2. The number of carboxylic acids is 2. The molecule has 0 aliphatic carbocycles. The second kappa shape index (κ2) is 9.34. The zero-order chi connectivity index (χ0) is 24.5. The summed E-state index contributed by atoms with van der Waals surface area (Å²) in [5.74, 6) is -6.27. The Morgan fingerprint density at radius 1 is 1.42 bits per heavy atom. The molecule has 1 aromatic heterocycles. The Bertz CT molecular complexity index is 1070. The average Bonchev–Trinajstić information content (AvgIpc) is 3.21. The fourth-order valence-corrected chi connectivity index (χ4v) is 4.86. The van der Waals surface area contributed by atoms with E-state index >= 15 is 0 Å². The van der Waals surface area contributed by atoms with Crippen LogP contribution in [0.25, 0.3) is 0 Å². The van der Waals surface area contributed by atoms with Gasteiger partial charge < -0.3 is 36.6 Å². The van der Waals surface area contributed by atoms with E-state index in [9.17, 15) is 29.4 Å². The first-order chi connectivity index (χ1) is 15.5. The number of nitrogen functional groups attached to an aromatic ring is 1. The molecule has 2 unspecified atom stereocenters. The fraction of sp³-hybridized carbons (Fsp3) is 0.412. The van der Waals surface area contributed by atoms with Crippen LogP contribution in [0.3, 0.4) is 0 Å². The molecule has 3 rings (SSSR count). The number of thioether (sulfide) groups is 1. The number of amides is 2. The van der Waals surface area contributed by atoms with Gasteiger partial charge in [-0.25, -0.2) is 14.6 Å². The molecular weight excluding hydrogens is 480 g/mol. The van der Waals surface area contributed by atoms with Gasteiger partial charge in [0.2, 0.25) is 0 Å². The van der Waals surface area contributed by atoms with Crippen molar-refractivity contribution in [2.24, 2.45) is 10.9 Å². The third-order valence-corrected chi connectivity index (χ3v) is 6.87. The molecule has 0 radical (unpaired) electrons. The van der Waals surface area contributed by atoms with Crippen LogP contribution in [0.15, 0.2) is 21.8 Å². The Balaban J connectivity index is 1.85. The van der Waals surface area contributed by atoms with Gasteiger partial charge in [0.1, 0.15) is 22.8 Å². The van der Waals surface area contributed by atoms with Crippen LogP contribution in [0.1, 0.15) is 12.6 Å². The maximum atomic E-state index is 13.0. The molecule has 2 aliphatic heterocycles. The molecule has 1 fully saturated rings. The number of nitrogens with one attached hydrogen (secondary N) is 1. The second-order valence-corrected chi connectivity index (χ2v) is 8.87. The van der Waals surface area contributed by atoms with E-state index < -0.39 is 46.7 Å². The van der Waals surface area contributed by atoms with Crippen molar-refractivity contribution in [2.75, 3.05) is 25.1 Å². The number of hydrogen-bond acceptors (Lipinski definition) is 12. The van der Waals surface area contributed by atoms with Crippen molar-refractivity contribution in [3.05, 3.63) is 22.3 Å². The highest BCUT2D eigenvalue weighted by molar-refractivity contribution is 8.00. The number of carbonyl (C=O) groups is 4. The lowest BCUT2D eigenvalue weighted by atomic mass is 10.0. The van der Waals surface area contributed by atoms with Crippen molar-refractivity contribution in [3.63, 3.8) is 0 Å². The highest BCUT2D eigenvalue weighted by Gasteiger charge is 2.54. The summed E-state index contributed by atoms with van der Waals surface area (Å²) in [6.45, 7) is 1.05. The quantitative estimate of drug-likeness (QED) is 0.114. The van der Waals surface area contributed by atoms with E-state index in [-0.39, 0.29) is 28.8 Å². The van der Waals surface area contributed by atoms with Gasteiger partial charge in [0.05, 0.1) is 0 Å². The molecular formula is C17H20N6O8S2. The molecule has 0 bridgehead atoms. The number of nitrogens with two attached hydrogens (primary N) is 2. The highest BCUT2D eigenvalue weighted by atomic mass is 32.2. The molecule has 3 heterocycles. The molecule has 178 valence electrons. The molecule has 16 heteroatoms. The zero-order valence-corrected chi connectivity index (χ0v) is 18.9. The smallest absolute Gasteiger partial charge is 0.379 e. The Kier molecular flexibility index (Phi) is 6.92. The van der Waals surface area contributed by atoms with Gasteiger partial charge in [-0.1, -0.05) is 5.16 Å². The Labute approximate surface area is 194 Å². The van der Waals surface area contributed by atoms with E-state index in [1.54, 1.807) is 0 Å². The molecule has 0 aromatic carbocycles. The number of nitrogens with zero attached hydrogens (tertiary/aromatic N) is 3. The molecule has 1 saturated heterocycles. The van der Waals surface area contributed by atoms with Gasteiger partial charge in [-0.2, -0.15) is 0 Å². The van der Waals surface area contributed by atoms with Gasteiger partial charge in [-0.05, 0) is 5.57 Å². The number of hydrogen-bond donors (Lipinski definition) is 5. The minimum absolute atomic E-state index is 0.0182. The fourth-order valence-electron chi connectivity index (χ4n) is 2.95. The summed E-state index contributed by atoms with van der Waals surface area (Å²) in [5.41, 5.74) is 11.0. The number of carboxylic acid groups (broad SMARTS) is 2. The number of rotatable bonds is 9. The Morgan fingerprint density at radius 3 is 2.64 bits per heavy atom. The first kappa shape index (κ1) is 24.4. The van der Waals surface area contributed by atoms with Crippen LogP contribution in [0.5, 0.6) is 0 Å². The van der Waals surface area contributed by atoms with Gasteiger partial charge in [-0.15, -0.1) is 23.1 Å². The summed E-state index contributed by atoms with van der Waals surface area (Å²) in [6.07, 6.45) is 0. The Hall–Kier alpha value is -3.21. The van der Waals surface area contributed by atoms with Gasteiger partial charge in [-0.3, -0.25) is 14.5 Å². The molecule has 7 N–H and O–H groups in total. The number of anilines is 1. The lowest BCUT2D eigenvalue weighted by Crippen LogP contribution is -2.71. The number of aromatic nitrogens is 1. The van der Waals surface area contributed by atoms with Crippen LogP contribution in [0.2, 0.25) is 0 Å². The van der Waals surface area contributed by atoms with Crippen LogP contribution in [-0.2, 0) is 28.8 Å². The average molecular weight is 501 g/mol. The number of oxime groups is 1. The lowest BCUT2D eigenvalue weighted by Gasteiger charge is -2.49. The number of fused-ring (bicyclic) bond motifs is 1. The summed E-state index contributed by atoms with van der Waals surface area (Å²) in [5, 5.41) is 25.7. The van der Waals surface area contributed by atoms with Crippen LogP contribution in [0, 0.1) is 0 Å². The third-order valence-electron chi connectivity index (χ3n) is 4.85. The number of methoxy groups -OCH3 is 1. The minimum atomic E-state index is -2.20. The normalized spacial score (nSPS) is 22.2. The van der Waals surface area contributed by atoms with Crippen LogP contribution < -0.4 is 16.8 Å². The topological polar surface area (TPSA) is 220 Å². The summed E-state index contributed by atoms with van der Waals surface area (Å²) in [6, 6.07) is -1.06. The summed E-state index contributed by atoms with van der Waals surface area (Å²) in [4.78, 5) is 58.6. The van der Waals surface area contributed by atoms with Gasteiger partial charge in [0, 0.05) is 31.7 Å². The molecule has 0 saturated carbocycles. The molecule has 0 spiro atoms. The second-order valence-electron chi connectivity index (χ2n) is 6.88. The van der Waals surface area contributed by atoms with Gasteiger partial charge in [0.25, 0.3) is 11.8 Å². The molecule has 2 amide bonds. The van der Waals surface area contributed by atoms with E-state index in [2.05, 4.69) is 15.5 Å². The van der Waals surface area contributed by atoms with Crippen LogP contribution >= 0.6 is 23.1 Å². The zero-order valence-electron chi connectivity index (χ0n) is 17.3. The van der Waals surface area contributed by atoms with Crippen molar-refractivity contribution in [1.29, 1.82) is 0 Å². The van der Waals surface area contributed by atoms with Crippen LogP contribution in [-0.4, -0.2) is 86.2 Å². The number of β-lactam (4-membered cyclic amide) rings is 1. The first-order valence-electron chi connectivity index (χ1n) is 9.21. The third kappa shape index (κ3) is 4.50. The number of thiazole rings is 1. The summed E-state index contributed by atoms with van der Waals surface area (Å²) < 4.78 is 4.79. The van der Waals surface area contributed by atoms with Gasteiger partial charge >= 0.3 is 17.7 Å². The lowest BCUT2D eigenvalue weighted by molar-refractivity contribution is -0.227. The molecule has 3 atom stereocenters. The van der Waals surface area contributed by atoms with E-state index in [1.807, 2.05) is 0 Å². The van der Waals surface area contributed by atoms with E-state index in [4.69, 9.17) is 21.0 Å². The maximum Gasteiger partial charge on any atom is 0.379 e. The van der Waals surface area contributed by atoms with E-state index in [1.165, 1.54) is 17.1 Å². The van der Waals surface area contributed by atoms with Crippen molar-refractivity contribution < 1.29 is 39.0 Å². The molecule has 2 aliphatic rings. The number of ether oxygens (including phenoxy) is 1. The number of aliphatic carboxylic acids is 2. The van der Waals surface area contributed by atoms with Crippen molar-refractivity contribution in [2.45, 2.75) is 24.1 Å². The summed E-state index contributed by atoms with van der Waals surface area (Å²) in [7, 11) is 1.08. The van der Waals surface area contributed by atoms with Gasteiger partial charge in [0.15, 0.2) is 10.8 Å². The predicted molar refractivity (Wildman–Crippen MR) is 116 cm³/mol. The molecule has 14 nitrogen and oxygen atoms in total. The van der Waals surface area contributed by atoms with Crippen molar-refractivity contribution >= 4 is 57.7 Å². The standard InChI is InChI=1S/C17H20N6O8S2/c1-17(30-2,15(28)29)31-22-8(7-5-33-16(19)20-7)11(24)21-9-12(25)23-10(14(26)27)6(3-18)4-32-13(9)23/h5,9,13H,3-4,18H2,1-2H3,(H2,19,20)(H,21,24)(H,26,27)(H,28,29)/t9?,13-,17?/m0/s1. The minimum Gasteiger partial charge on any atom is -0.477 e. The molecule has 1 aromatic rings. The highest BCUT2D eigenvalue weighted by Crippen LogP contribution is 2.40. The van der Waals surface area contributed by atoms with Crippen molar-refractivity contribution in [3.8, 4) is 0 Å². The monoisotopic (exact) mass is 500 g/mol. The SMILES string of the molecule is COC(C)(ON=C(C(=O)NC1C(=O)N2C(C(=O)O)=C(CN)CS[C@@H]12)c1csc(N)n1)C(=O)O. The van der Waals surface area contributed by atoms with Crippen LogP contribution in [0.4, 0.5) is 5.13 Å². The first-order valence-corrected chi connectivity index (χ1v) is 11.1.